The SMILES string of the molecule is CC[C@@H](C)N1C(=O)c2ccccc2[C@@H](C(=O)Nc2nnc(COC)s2)C12CCCC2. The van der Waals surface area contributed by atoms with Crippen LogP contribution in [0.4, 0.5) is 5.13 Å². The number of rotatable bonds is 6. The van der Waals surface area contributed by atoms with E-state index >= 15 is 0 Å². The fourth-order valence-corrected chi connectivity index (χ4v) is 5.81. The molecule has 0 saturated heterocycles. The van der Waals surface area contributed by atoms with Crippen molar-refractivity contribution in [3.63, 3.8) is 0 Å². The molecule has 1 N–H and O–H groups in total. The molecule has 1 aliphatic carbocycles. The van der Waals surface area contributed by atoms with E-state index in [-0.39, 0.29) is 17.9 Å². The van der Waals surface area contributed by atoms with Crippen molar-refractivity contribution in [2.45, 2.75) is 70.1 Å². The lowest BCUT2D eigenvalue weighted by molar-refractivity contribution is -0.121. The van der Waals surface area contributed by atoms with E-state index in [9.17, 15) is 9.59 Å². The minimum absolute atomic E-state index is 0.0456. The summed E-state index contributed by atoms with van der Waals surface area (Å²) in [6.07, 6.45) is 4.55. The maximum Gasteiger partial charge on any atom is 0.254 e. The number of methoxy groups -OCH3 is 1. The number of carbonyl (C=O) groups is 2. The van der Waals surface area contributed by atoms with Gasteiger partial charge in [0.25, 0.3) is 5.91 Å². The number of hydrogen-bond donors (Lipinski definition) is 1. The van der Waals surface area contributed by atoms with Crippen LogP contribution in [0.1, 0.15) is 72.8 Å². The quantitative estimate of drug-likeness (QED) is 0.752. The van der Waals surface area contributed by atoms with E-state index in [4.69, 9.17) is 4.74 Å². The molecule has 160 valence electrons. The van der Waals surface area contributed by atoms with Crippen molar-refractivity contribution in [2.75, 3.05) is 12.4 Å². The molecular weight excluding hydrogens is 400 g/mol. The highest BCUT2D eigenvalue weighted by atomic mass is 32.1. The summed E-state index contributed by atoms with van der Waals surface area (Å²) in [4.78, 5) is 29.2. The Morgan fingerprint density at radius 1 is 1.33 bits per heavy atom. The molecule has 2 aromatic rings. The van der Waals surface area contributed by atoms with Gasteiger partial charge < -0.3 is 9.64 Å². The van der Waals surface area contributed by atoms with Crippen molar-refractivity contribution in [3.8, 4) is 0 Å². The number of anilines is 1. The fourth-order valence-electron chi connectivity index (χ4n) is 5.09. The number of nitrogens with zero attached hydrogens (tertiary/aromatic N) is 3. The lowest BCUT2D eigenvalue weighted by Crippen LogP contribution is -2.62. The number of amides is 2. The Hall–Kier alpha value is -2.32. The van der Waals surface area contributed by atoms with Crippen LogP contribution in [0.2, 0.25) is 0 Å². The second-order valence-electron chi connectivity index (χ2n) is 8.19. The highest BCUT2D eigenvalue weighted by molar-refractivity contribution is 7.15. The molecule has 4 rings (SSSR count). The summed E-state index contributed by atoms with van der Waals surface area (Å²) in [7, 11) is 1.60. The Morgan fingerprint density at radius 3 is 2.77 bits per heavy atom. The van der Waals surface area contributed by atoms with E-state index in [1.54, 1.807) is 7.11 Å². The first-order valence-corrected chi connectivity index (χ1v) is 11.4. The van der Waals surface area contributed by atoms with Gasteiger partial charge >= 0.3 is 0 Å². The lowest BCUT2D eigenvalue weighted by atomic mass is 9.70. The van der Waals surface area contributed by atoms with E-state index in [0.717, 1.165) is 37.7 Å². The van der Waals surface area contributed by atoms with E-state index in [1.807, 2.05) is 29.2 Å². The summed E-state index contributed by atoms with van der Waals surface area (Å²) in [6.45, 7) is 4.54. The second kappa shape index (κ2) is 8.43. The van der Waals surface area contributed by atoms with E-state index in [2.05, 4.69) is 29.4 Å². The van der Waals surface area contributed by atoms with Crippen LogP contribution in [0.5, 0.6) is 0 Å². The summed E-state index contributed by atoms with van der Waals surface area (Å²) in [5, 5.41) is 12.3. The molecule has 1 aliphatic heterocycles. The molecule has 1 aromatic carbocycles. The number of nitrogens with one attached hydrogen (secondary N) is 1. The Kier molecular flexibility index (Phi) is 5.88. The van der Waals surface area contributed by atoms with Gasteiger partial charge in [-0.3, -0.25) is 14.9 Å². The average Bonchev–Trinajstić information content (AvgIpc) is 3.38. The number of carbonyl (C=O) groups excluding carboxylic acids is 2. The predicted molar refractivity (Wildman–Crippen MR) is 116 cm³/mol. The van der Waals surface area contributed by atoms with Gasteiger partial charge in [0.2, 0.25) is 11.0 Å². The third kappa shape index (κ3) is 3.41. The van der Waals surface area contributed by atoms with Gasteiger partial charge in [-0.05, 0) is 37.8 Å². The monoisotopic (exact) mass is 428 g/mol. The number of hydrogen-bond acceptors (Lipinski definition) is 6. The molecule has 7 nitrogen and oxygen atoms in total. The van der Waals surface area contributed by atoms with Gasteiger partial charge in [-0.15, -0.1) is 10.2 Å². The molecule has 30 heavy (non-hydrogen) atoms. The molecule has 1 fully saturated rings. The highest BCUT2D eigenvalue weighted by Gasteiger charge is 2.56. The van der Waals surface area contributed by atoms with Gasteiger partial charge in [-0.1, -0.05) is 49.3 Å². The third-order valence-electron chi connectivity index (χ3n) is 6.47. The predicted octanol–water partition coefficient (Wildman–Crippen LogP) is 3.97. The zero-order valence-corrected chi connectivity index (χ0v) is 18.5. The van der Waals surface area contributed by atoms with Crippen LogP contribution in [0.3, 0.4) is 0 Å². The van der Waals surface area contributed by atoms with Gasteiger partial charge in [0.15, 0.2) is 0 Å². The molecule has 1 saturated carbocycles. The first kappa shape index (κ1) is 20.9. The maximum atomic E-state index is 13.7. The Bertz CT molecular complexity index is 938. The minimum atomic E-state index is -0.495. The Labute approximate surface area is 180 Å². The van der Waals surface area contributed by atoms with Gasteiger partial charge in [0.1, 0.15) is 11.6 Å². The molecule has 2 amide bonds. The number of aromatic nitrogens is 2. The summed E-state index contributed by atoms with van der Waals surface area (Å²) in [5.41, 5.74) is 0.959. The third-order valence-corrected chi connectivity index (χ3v) is 7.28. The number of ether oxygens (including phenoxy) is 1. The zero-order chi connectivity index (χ0) is 21.3. The van der Waals surface area contributed by atoms with E-state index in [0.29, 0.717) is 22.3 Å². The number of benzene rings is 1. The summed E-state index contributed by atoms with van der Waals surface area (Å²) < 4.78 is 5.10. The molecule has 2 aliphatic rings. The smallest absolute Gasteiger partial charge is 0.254 e. The van der Waals surface area contributed by atoms with Crippen LogP contribution in [-0.4, -0.2) is 45.6 Å². The van der Waals surface area contributed by atoms with Crippen LogP contribution < -0.4 is 5.32 Å². The second-order valence-corrected chi connectivity index (χ2v) is 9.25. The van der Waals surface area contributed by atoms with Crippen LogP contribution in [0.15, 0.2) is 24.3 Å². The van der Waals surface area contributed by atoms with E-state index in [1.165, 1.54) is 11.3 Å². The minimum Gasteiger partial charge on any atom is -0.377 e. The Balaban J connectivity index is 1.77. The molecule has 2 atom stereocenters. The molecule has 0 unspecified atom stereocenters. The highest BCUT2D eigenvalue weighted by Crippen LogP contribution is 2.51. The maximum absolute atomic E-state index is 13.7. The molecule has 1 aromatic heterocycles. The average molecular weight is 429 g/mol. The Morgan fingerprint density at radius 2 is 2.07 bits per heavy atom. The van der Waals surface area contributed by atoms with Crippen molar-refractivity contribution in [1.82, 2.24) is 15.1 Å². The fraction of sp³-hybridized carbons (Fsp3) is 0.545. The number of fused-ring (bicyclic) bond motifs is 1. The van der Waals surface area contributed by atoms with Gasteiger partial charge in [-0.2, -0.15) is 0 Å². The first-order valence-electron chi connectivity index (χ1n) is 10.6. The van der Waals surface area contributed by atoms with Crippen LogP contribution in [0.25, 0.3) is 0 Å². The van der Waals surface area contributed by atoms with Crippen LogP contribution in [0, 0.1) is 0 Å². The first-order chi connectivity index (χ1) is 14.5. The van der Waals surface area contributed by atoms with Crippen molar-refractivity contribution in [3.05, 3.63) is 40.4 Å². The van der Waals surface area contributed by atoms with Crippen molar-refractivity contribution < 1.29 is 14.3 Å². The van der Waals surface area contributed by atoms with Crippen LogP contribution in [-0.2, 0) is 16.1 Å². The molecule has 2 heterocycles. The van der Waals surface area contributed by atoms with Crippen LogP contribution >= 0.6 is 11.3 Å². The van der Waals surface area contributed by atoms with Gasteiger partial charge in [-0.25, -0.2) is 0 Å². The summed E-state index contributed by atoms with van der Waals surface area (Å²) in [5.74, 6) is -0.507. The lowest BCUT2D eigenvalue weighted by Gasteiger charge is -2.52. The molecular formula is C22H28N4O3S. The zero-order valence-electron chi connectivity index (χ0n) is 17.7. The molecule has 8 heteroatoms. The van der Waals surface area contributed by atoms with Crippen molar-refractivity contribution in [2.24, 2.45) is 0 Å². The molecule has 1 spiro atoms. The normalized spacial score (nSPS) is 21.0. The molecule has 0 radical (unpaired) electrons. The van der Waals surface area contributed by atoms with Crippen molar-refractivity contribution >= 4 is 28.3 Å². The largest absolute Gasteiger partial charge is 0.377 e. The van der Waals surface area contributed by atoms with E-state index < -0.39 is 11.5 Å². The van der Waals surface area contributed by atoms with Crippen molar-refractivity contribution in [1.29, 1.82) is 0 Å². The topological polar surface area (TPSA) is 84.4 Å². The standard InChI is InChI=1S/C22H28N4O3S/c1-4-14(2)26-20(28)16-10-6-5-9-15(16)18(22(26)11-7-8-12-22)19(27)23-21-25-24-17(30-21)13-29-3/h5-6,9-10,14,18H,4,7-8,11-13H2,1-3H3,(H,23,25,27)/t14-,18+/m1/s1. The molecule has 0 bridgehead atoms. The summed E-state index contributed by atoms with van der Waals surface area (Å²) in [6, 6.07) is 7.62. The summed E-state index contributed by atoms with van der Waals surface area (Å²) >= 11 is 1.31. The van der Waals surface area contributed by atoms with Gasteiger partial charge in [0, 0.05) is 18.7 Å². The van der Waals surface area contributed by atoms with Gasteiger partial charge in [0.05, 0.1) is 11.5 Å².